The molecular weight excluding hydrogens is 562 g/mol. The third-order valence-electron chi connectivity index (χ3n) is 7.08. The van der Waals surface area contributed by atoms with E-state index < -0.39 is 16.1 Å². The van der Waals surface area contributed by atoms with Crippen molar-refractivity contribution < 1.29 is 22.7 Å². The van der Waals surface area contributed by atoms with E-state index in [4.69, 9.17) is 21.3 Å². The maximum Gasteiger partial charge on any atom is 0.409 e. The molecule has 2 amide bonds. The molecule has 2 aromatic carbocycles. The molecule has 2 saturated heterocycles. The average molecular weight is 592 g/mol. The molecular formula is C26H30ClN5O5S2. The molecule has 39 heavy (non-hydrogen) atoms. The van der Waals surface area contributed by atoms with Crippen molar-refractivity contribution in [1.82, 2.24) is 19.1 Å². The fourth-order valence-electron chi connectivity index (χ4n) is 4.75. The Kier molecular flexibility index (Phi) is 7.99. The van der Waals surface area contributed by atoms with Gasteiger partial charge in [-0.2, -0.15) is 4.31 Å². The number of carbonyl (C=O) groups excluding carboxylic acids is 2. The van der Waals surface area contributed by atoms with Gasteiger partial charge >= 0.3 is 6.09 Å². The number of anilines is 1. The van der Waals surface area contributed by atoms with Crippen molar-refractivity contribution in [3.05, 3.63) is 52.5 Å². The van der Waals surface area contributed by atoms with Crippen molar-refractivity contribution in [3.8, 4) is 0 Å². The SMILES string of the molecule is CCOC(=O)N1CCN(S(=O)(=O)c2ccc(C(=O)N3CCN(c4nc5c(C)c(Cl)ccc5s4)CC3)cc2)CC1. The second-order valence-electron chi connectivity index (χ2n) is 9.41. The van der Waals surface area contributed by atoms with Crippen molar-refractivity contribution in [1.29, 1.82) is 0 Å². The highest BCUT2D eigenvalue weighted by Crippen LogP contribution is 2.34. The van der Waals surface area contributed by atoms with E-state index in [1.807, 2.05) is 19.1 Å². The van der Waals surface area contributed by atoms with Crippen molar-refractivity contribution in [2.75, 3.05) is 63.9 Å². The van der Waals surface area contributed by atoms with Gasteiger partial charge in [0.25, 0.3) is 5.91 Å². The Balaban J connectivity index is 1.19. The Labute approximate surface area is 236 Å². The fraction of sp³-hybridized carbons (Fsp3) is 0.423. The van der Waals surface area contributed by atoms with E-state index in [1.165, 1.54) is 21.3 Å². The molecule has 0 atom stereocenters. The van der Waals surface area contributed by atoms with Crippen LogP contribution < -0.4 is 4.90 Å². The van der Waals surface area contributed by atoms with Crippen LogP contribution in [-0.4, -0.2) is 98.5 Å². The van der Waals surface area contributed by atoms with Gasteiger partial charge in [-0.3, -0.25) is 4.79 Å². The molecule has 0 unspecified atom stereocenters. The Hall–Kier alpha value is -2.93. The van der Waals surface area contributed by atoms with Gasteiger partial charge in [0.15, 0.2) is 5.13 Å². The fourth-order valence-corrected chi connectivity index (χ4v) is 7.40. The summed E-state index contributed by atoms with van der Waals surface area (Å²) in [4.78, 5) is 35.4. The number of fused-ring (bicyclic) bond motifs is 1. The first-order chi connectivity index (χ1) is 18.7. The van der Waals surface area contributed by atoms with Gasteiger partial charge in [0.05, 0.1) is 21.7 Å². The smallest absolute Gasteiger partial charge is 0.409 e. The number of rotatable bonds is 5. The summed E-state index contributed by atoms with van der Waals surface area (Å²) in [6.07, 6.45) is -0.432. The van der Waals surface area contributed by atoms with E-state index in [0.717, 1.165) is 20.9 Å². The van der Waals surface area contributed by atoms with Crippen molar-refractivity contribution >= 4 is 60.3 Å². The molecule has 0 bridgehead atoms. The number of amides is 2. The topological polar surface area (TPSA) is 103 Å². The number of aryl methyl sites for hydroxylation is 1. The zero-order chi connectivity index (χ0) is 27.7. The Morgan fingerprint density at radius 1 is 0.949 bits per heavy atom. The third kappa shape index (κ3) is 5.56. The first kappa shape index (κ1) is 27.6. The van der Waals surface area contributed by atoms with Crippen LogP contribution in [0, 0.1) is 6.92 Å². The first-order valence-electron chi connectivity index (χ1n) is 12.8. The van der Waals surface area contributed by atoms with Gasteiger partial charge in [-0.25, -0.2) is 18.2 Å². The van der Waals surface area contributed by atoms with Gasteiger partial charge in [-0.05, 0) is 55.8 Å². The molecule has 0 spiro atoms. The summed E-state index contributed by atoms with van der Waals surface area (Å²) in [7, 11) is -3.74. The highest BCUT2D eigenvalue weighted by Gasteiger charge is 2.31. The maximum atomic E-state index is 13.2. The lowest BCUT2D eigenvalue weighted by Crippen LogP contribution is -2.50. The van der Waals surface area contributed by atoms with Crippen LogP contribution in [0.25, 0.3) is 10.2 Å². The second-order valence-corrected chi connectivity index (χ2v) is 12.8. The lowest BCUT2D eigenvalue weighted by molar-refractivity contribution is 0.0746. The minimum Gasteiger partial charge on any atom is -0.450 e. The number of benzene rings is 2. The molecule has 0 saturated carbocycles. The number of aromatic nitrogens is 1. The maximum absolute atomic E-state index is 13.2. The molecule has 1 aromatic heterocycles. The Morgan fingerprint density at radius 3 is 2.23 bits per heavy atom. The summed E-state index contributed by atoms with van der Waals surface area (Å²) in [5.74, 6) is -0.131. The van der Waals surface area contributed by atoms with Crippen LogP contribution in [0.3, 0.4) is 0 Å². The molecule has 3 aromatic rings. The molecule has 2 aliphatic heterocycles. The van der Waals surface area contributed by atoms with Gasteiger partial charge in [-0.1, -0.05) is 22.9 Å². The standard InChI is InChI=1S/C26H30ClN5O5S2/c1-3-37-26(34)31-14-16-32(17-15-31)39(35,36)20-6-4-19(5-7-20)24(33)29-10-12-30(13-11-29)25-28-23-18(2)21(27)8-9-22(23)38-25/h4-9H,3,10-17H2,1-2H3. The van der Waals surface area contributed by atoms with Gasteiger partial charge < -0.3 is 19.4 Å². The predicted octanol–water partition coefficient (Wildman–Crippen LogP) is 3.68. The molecule has 13 heteroatoms. The number of carbonyl (C=O) groups is 2. The second kappa shape index (κ2) is 11.3. The van der Waals surface area contributed by atoms with Crippen LogP contribution in [0.2, 0.25) is 5.02 Å². The molecule has 0 N–H and O–H groups in total. The van der Waals surface area contributed by atoms with Crippen molar-refractivity contribution in [2.45, 2.75) is 18.7 Å². The lowest BCUT2D eigenvalue weighted by atomic mass is 10.2. The number of halogens is 1. The molecule has 0 radical (unpaired) electrons. The molecule has 5 rings (SSSR count). The summed E-state index contributed by atoms with van der Waals surface area (Å²) in [6, 6.07) is 9.96. The summed E-state index contributed by atoms with van der Waals surface area (Å²) in [5.41, 5.74) is 2.33. The minimum atomic E-state index is -3.74. The molecule has 3 heterocycles. The summed E-state index contributed by atoms with van der Waals surface area (Å²) in [6.45, 7) is 7.28. The van der Waals surface area contributed by atoms with Gasteiger partial charge in [0.1, 0.15) is 0 Å². The number of nitrogens with zero attached hydrogens (tertiary/aromatic N) is 5. The van der Waals surface area contributed by atoms with E-state index in [-0.39, 0.29) is 43.6 Å². The van der Waals surface area contributed by atoms with Crippen molar-refractivity contribution in [2.24, 2.45) is 0 Å². The number of hydrogen-bond acceptors (Lipinski definition) is 8. The summed E-state index contributed by atoms with van der Waals surface area (Å²) >= 11 is 7.87. The normalized spacial score (nSPS) is 17.1. The van der Waals surface area contributed by atoms with E-state index in [1.54, 1.807) is 35.3 Å². The third-order valence-corrected chi connectivity index (χ3v) is 10.5. The van der Waals surface area contributed by atoms with E-state index in [9.17, 15) is 18.0 Å². The largest absolute Gasteiger partial charge is 0.450 e. The van der Waals surface area contributed by atoms with Gasteiger partial charge in [0.2, 0.25) is 10.0 Å². The monoisotopic (exact) mass is 591 g/mol. The van der Waals surface area contributed by atoms with E-state index >= 15 is 0 Å². The highest BCUT2D eigenvalue weighted by molar-refractivity contribution is 7.89. The van der Waals surface area contributed by atoms with E-state index in [0.29, 0.717) is 36.8 Å². The minimum absolute atomic E-state index is 0.125. The zero-order valence-electron chi connectivity index (χ0n) is 21.8. The molecule has 10 nitrogen and oxygen atoms in total. The lowest BCUT2D eigenvalue weighted by Gasteiger charge is -2.34. The first-order valence-corrected chi connectivity index (χ1v) is 15.4. The number of thiazole rings is 1. The van der Waals surface area contributed by atoms with Crippen LogP contribution in [0.5, 0.6) is 0 Å². The van der Waals surface area contributed by atoms with Crippen LogP contribution >= 0.6 is 22.9 Å². The molecule has 0 aliphatic carbocycles. The van der Waals surface area contributed by atoms with Crippen LogP contribution in [-0.2, 0) is 14.8 Å². The predicted molar refractivity (Wildman–Crippen MR) is 151 cm³/mol. The quantitative estimate of drug-likeness (QED) is 0.446. The number of hydrogen-bond donors (Lipinski definition) is 0. The summed E-state index contributed by atoms with van der Waals surface area (Å²) in [5, 5.41) is 1.62. The zero-order valence-corrected chi connectivity index (χ0v) is 24.2. The van der Waals surface area contributed by atoms with E-state index in [2.05, 4.69) is 4.90 Å². The average Bonchev–Trinajstić information content (AvgIpc) is 3.40. The summed E-state index contributed by atoms with van der Waals surface area (Å²) < 4.78 is 33.7. The van der Waals surface area contributed by atoms with Crippen LogP contribution in [0.4, 0.5) is 9.93 Å². The molecule has 2 fully saturated rings. The molecule has 208 valence electrons. The van der Waals surface area contributed by atoms with Crippen LogP contribution in [0.1, 0.15) is 22.8 Å². The Bertz CT molecular complexity index is 1480. The highest BCUT2D eigenvalue weighted by atomic mass is 35.5. The molecule has 2 aliphatic rings. The van der Waals surface area contributed by atoms with Crippen molar-refractivity contribution in [3.63, 3.8) is 0 Å². The van der Waals surface area contributed by atoms with Gasteiger partial charge in [0, 0.05) is 62.9 Å². The number of ether oxygens (including phenoxy) is 1. The number of sulfonamides is 1. The van der Waals surface area contributed by atoms with Crippen LogP contribution in [0.15, 0.2) is 41.3 Å². The number of piperazine rings is 2. The Morgan fingerprint density at radius 2 is 1.59 bits per heavy atom. The van der Waals surface area contributed by atoms with Gasteiger partial charge in [-0.15, -0.1) is 0 Å².